The summed E-state index contributed by atoms with van der Waals surface area (Å²) in [5.74, 6) is -0.0380. The zero-order valence-electron chi connectivity index (χ0n) is 52.5. The summed E-state index contributed by atoms with van der Waals surface area (Å²) < 4.78 is 5.48. The second-order valence-corrected chi connectivity index (χ2v) is 24.6. The molecule has 2 atom stereocenters. The molecule has 77 heavy (non-hydrogen) atoms. The van der Waals surface area contributed by atoms with E-state index in [1.54, 1.807) is 6.08 Å². The largest absolute Gasteiger partial charge is 0.466 e. The molecule has 0 fully saturated rings. The van der Waals surface area contributed by atoms with E-state index in [1.807, 2.05) is 6.08 Å². The first kappa shape index (κ1) is 75.6. The Bertz CT molecular complexity index is 1160. The van der Waals surface area contributed by atoms with E-state index in [-0.39, 0.29) is 18.5 Å². The van der Waals surface area contributed by atoms with Gasteiger partial charge in [0.1, 0.15) is 0 Å². The van der Waals surface area contributed by atoms with Crippen molar-refractivity contribution in [3.8, 4) is 0 Å². The molecule has 0 rings (SSSR count). The minimum absolute atomic E-state index is 0.0219. The number of unbranched alkanes of at least 4 members (excludes halogenated alkanes) is 56. The second kappa shape index (κ2) is 67.1. The van der Waals surface area contributed by atoms with Gasteiger partial charge in [-0.15, -0.1) is 0 Å². The Morgan fingerprint density at radius 1 is 0.351 bits per heavy atom. The van der Waals surface area contributed by atoms with Crippen molar-refractivity contribution >= 4 is 11.9 Å². The minimum Gasteiger partial charge on any atom is -0.466 e. The highest BCUT2D eigenvalue weighted by molar-refractivity contribution is 5.76. The maximum absolute atomic E-state index is 12.5. The highest BCUT2D eigenvalue weighted by atomic mass is 16.5. The van der Waals surface area contributed by atoms with Gasteiger partial charge in [-0.25, -0.2) is 0 Å². The molecular weight excluding hydrogens is 947 g/mol. The van der Waals surface area contributed by atoms with E-state index in [2.05, 4.69) is 19.2 Å². The summed E-state index contributed by atoms with van der Waals surface area (Å²) in [5, 5.41) is 23.2. The number of carbonyl (C=O) groups excluding carboxylic acids is 2. The molecule has 458 valence electrons. The maximum Gasteiger partial charge on any atom is 0.305 e. The third kappa shape index (κ3) is 63.6. The predicted octanol–water partition coefficient (Wildman–Crippen LogP) is 22.8. The first-order chi connectivity index (χ1) is 38.0. The molecule has 0 spiro atoms. The molecule has 0 aromatic rings. The van der Waals surface area contributed by atoms with Gasteiger partial charge in [-0.1, -0.05) is 373 Å². The first-order valence-corrected chi connectivity index (χ1v) is 35.5. The Labute approximate surface area is 482 Å². The molecule has 6 nitrogen and oxygen atoms in total. The molecule has 0 aliphatic heterocycles. The Hall–Kier alpha value is -1.40. The molecule has 0 aromatic carbocycles. The summed E-state index contributed by atoms with van der Waals surface area (Å²) in [4.78, 5) is 24.5. The average molecular weight is 1090 g/mol. The molecule has 0 heterocycles. The zero-order valence-corrected chi connectivity index (χ0v) is 52.5. The fraction of sp³-hybridized carbons (Fsp3) is 0.944. The van der Waals surface area contributed by atoms with Gasteiger partial charge in [-0.05, 0) is 32.1 Å². The molecule has 1 amide bonds. The quantitative estimate of drug-likeness (QED) is 0.0320. The Kier molecular flexibility index (Phi) is 65.9. The van der Waals surface area contributed by atoms with Crippen molar-refractivity contribution in [2.75, 3.05) is 13.2 Å². The van der Waals surface area contributed by atoms with Crippen LogP contribution in [0.25, 0.3) is 0 Å². The van der Waals surface area contributed by atoms with Crippen LogP contribution in [0.15, 0.2) is 12.2 Å². The van der Waals surface area contributed by atoms with E-state index in [0.717, 1.165) is 38.5 Å². The highest BCUT2D eigenvalue weighted by Crippen LogP contribution is 2.19. The lowest BCUT2D eigenvalue weighted by Crippen LogP contribution is -2.45. The summed E-state index contributed by atoms with van der Waals surface area (Å²) in [6, 6.07) is -0.623. The lowest BCUT2D eigenvalue weighted by molar-refractivity contribution is -0.143. The van der Waals surface area contributed by atoms with E-state index >= 15 is 0 Å². The number of rotatable bonds is 67. The van der Waals surface area contributed by atoms with Gasteiger partial charge >= 0.3 is 5.97 Å². The lowest BCUT2D eigenvalue weighted by atomic mass is 10.0. The fourth-order valence-corrected chi connectivity index (χ4v) is 11.4. The van der Waals surface area contributed by atoms with E-state index in [4.69, 9.17) is 4.74 Å². The van der Waals surface area contributed by atoms with Crippen molar-refractivity contribution in [2.45, 2.75) is 418 Å². The minimum atomic E-state index is -0.840. The molecule has 3 N–H and O–H groups in total. The van der Waals surface area contributed by atoms with E-state index in [1.165, 1.54) is 340 Å². The van der Waals surface area contributed by atoms with Crippen LogP contribution in [0.1, 0.15) is 406 Å². The molecule has 0 aromatic heterocycles. The number of ether oxygens (including phenoxy) is 1. The molecule has 6 heteroatoms. The van der Waals surface area contributed by atoms with Gasteiger partial charge in [0.15, 0.2) is 0 Å². The number of esters is 1. The van der Waals surface area contributed by atoms with Gasteiger partial charge in [0, 0.05) is 12.8 Å². The Balaban J connectivity index is 3.33. The average Bonchev–Trinajstić information content (AvgIpc) is 3.43. The number of aliphatic hydroxyl groups excluding tert-OH is 2. The van der Waals surface area contributed by atoms with Crippen LogP contribution in [0, 0.1) is 0 Å². The van der Waals surface area contributed by atoms with E-state index in [0.29, 0.717) is 19.4 Å². The number of nitrogens with one attached hydrogen (secondary N) is 1. The summed E-state index contributed by atoms with van der Waals surface area (Å²) in [6.07, 6.45) is 83.1. The smallest absolute Gasteiger partial charge is 0.305 e. The van der Waals surface area contributed by atoms with Gasteiger partial charge in [-0.3, -0.25) is 9.59 Å². The van der Waals surface area contributed by atoms with Crippen molar-refractivity contribution in [3.05, 3.63) is 12.2 Å². The summed E-state index contributed by atoms with van der Waals surface area (Å²) in [6.45, 7) is 4.94. The van der Waals surface area contributed by atoms with Crippen molar-refractivity contribution in [1.82, 2.24) is 5.32 Å². The molecule has 2 unspecified atom stereocenters. The summed E-state index contributed by atoms with van der Waals surface area (Å²) in [7, 11) is 0. The molecule has 0 radical (unpaired) electrons. The molecule has 0 saturated heterocycles. The first-order valence-electron chi connectivity index (χ1n) is 35.5. The van der Waals surface area contributed by atoms with Gasteiger partial charge in [-0.2, -0.15) is 0 Å². The molecule has 0 aliphatic carbocycles. The molecule has 0 bridgehead atoms. The van der Waals surface area contributed by atoms with Crippen LogP contribution < -0.4 is 5.32 Å². The Morgan fingerprint density at radius 2 is 0.597 bits per heavy atom. The fourth-order valence-electron chi connectivity index (χ4n) is 11.4. The number of hydrogen-bond donors (Lipinski definition) is 3. The topological polar surface area (TPSA) is 95.9 Å². The van der Waals surface area contributed by atoms with Gasteiger partial charge in [0.25, 0.3) is 0 Å². The van der Waals surface area contributed by atoms with Crippen LogP contribution in [0.2, 0.25) is 0 Å². The van der Waals surface area contributed by atoms with Crippen LogP contribution in [0.4, 0.5) is 0 Å². The van der Waals surface area contributed by atoms with E-state index < -0.39 is 12.1 Å². The SMILES string of the molecule is CCCCCCCCCCCCCCCC/C=C/C(O)C(CO)NC(=O)CCCCCCCCCCCCCCCCCCCCCCCCCCCCCCCCCCCOC(=O)CCCCCCCCCCCCC. The highest BCUT2D eigenvalue weighted by Gasteiger charge is 2.18. The molecule has 0 saturated carbocycles. The Morgan fingerprint density at radius 3 is 0.883 bits per heavy atom. The number of allylic oxidation sites excluding steroid dienone is 1. The second-order valence-electron chi connectivity index (χ2n) is 24.6. The van der Waals surface area contributed by atoms with Crippen LogP contribution >= 0.6 is 0 Å². The van der Waals surface area contributed by atoms with Crippen LogP contribution in [0.3, 0.4) is 0 Å². The number of hydrogen-bond acceptors (Lipinski definition) is 5. The number of aliphatic hydroxyl groups is 2. The normalized spacial score (nSPS) is 12.5. The monoisotopic (exact) mass is 1090 g/mol. The molecule has 0 aliphatic rings. The predicted molar refractivity (Wildman–Crippen MR) is 338 cm³/mol. The summed E-state index contributed by atoms with van der Waals surface area (Å²) >= 11 is 0. The van der Waals surface area contributed by atoms with Crippen molar-refractivity contribution in [2.24, 2.45) is 0 Å². The van der Waals surface area contributed by atoms with Crippen LogP contribution in [-0.4, -0.2) is 47.4 Å². The van der Waals surface area contributed by atoms with Crippen molar-refractivity contribution < 1.29 is 24.5 Å². The van der Waals surface area contributed by atoms with Crippen molar-refractivity contribution in [3.63, 3.8) is 0 Å². The van der Waals surface area contributed by atoms with Crippen molar-refractivity contribution in [1.29, 1.82) is 0 Å². The van der Waals surface area contributed by atoms with E-state index in [9.17, 15) is 19.8 Å². The number of amides is 1. The number of carbonyl (C=O) groups is 2. The third-order valence-corrected chi connectivity index (χ3v) is 16.8. The van der Waals surface area contributed by atoms with Crippen LogP contribution in [0.5, 0.6) is 0 Å². The van der Waals surface area contributed by atoms with Gasteiger partial charge < -0.3 is 20.3 Å². The van der Waals surface area contributed by atoms with Gasteiger partial charge in [0.2, 0.25) is 5.91 Å². The lowest BCUT2D eigenvalue weighted by Gasteiger charge is -2.20. The zero-order chi connectivity index (χ0) is 55.7. The van der Waals surface area contributed by atoms with Gasteiger partial charge in [0.05, 0.1) is 25.4 Å². The van der Waals surface area contributed by atoms with Crippen LogP contribution in [-0.2, 0) is 14.3 Å². The standard InChI is InChI=1S/C71H139NO5/c1-3-5-7-9-11-13-15-16-17-37-40-44-47-51-55-59-63-69(74)68(67-73)72-70(75)64-60-56-52-48-45-41-38-35-33-31-29-27-25-23-21-19-18-20-22-24-26-28-30-32-34-36-39-42-46-50-54-58-62-66-77-71(76)65-61-57-53-49-43-14-12-10-8-6-4-2/h59,63,68-69,73-74H,3-58,60-62,64-67H2,1-2H3,(H,72,75)/b63-59+. The molecular formula is C71H139NO5. The third-order valence-electron chi connectivity index (χ3n) is 16.8. The summed E-state index contributed by atoms with van der Waals surface area (Å²) in [5.41, 5.74) is 0. The maximum atomic E-state index is 12.5.